The second-order valence-corrected chi connectivity index (χ2v) is 4.75. The van der Waals surface area contributed by atoms with Crippen LogP contribution in [-0.2, 0) is 6.61 Å². The molecule has 106 valence electrons. The van der Waals surface area contributed by atoms with Crippen LogP contribution in [0.1, 0.15) is 16.7 Å². The van der Waals surface area contributed by atoms with Gasteiger partial charge in [-0.1, -0.05) is 11.6 Å². The Hall–Kier alpha value is -0.339. The van der Waals surface area contributed by atoms with Gasteiger partial charge in [-0.15, -0.1) is 5.46 Å². The molecule has 0 radical (unpaired) electrons. The maximum absolute atomic E-state index is 12.7. The summed E-state index contributed by atoms with van der Waals surface area (Å²) in [6, 6.07) is 5.75. The smallest absolute Gasteiger partial charge is 0.489 e. The first-order valence-corrected chi connectivity index (χ1v) is 6.20. The summed E-state index contributed by atoms with van der Waals surface area (Å²) in [5.74, 6) is 0.424. The van der Waals surface area contributed by atoms with Crippen molar-refractivity contribution in [1.29, 1.82) is 0 Å². The Balaban J connectivity index is 0.00000220. The fourth-order valence-electron chi connectivity index (χ4n) is 1.97. The summed E-state index contributed by atoms with van der Waals surface area (Å²) in [7, 11) is 0. The largest absolute Gasteiger partial charge is 1.00 e. The van der Waals surface area contributed by atoms with E-state index < -0.39 is 12.4 Å². The Kier molecular flexibility index (Phi) is 6.93. The SMILES string of the molecule is Cc1cncc(COc2ccc([B-](F)(F)F)c(C)c2)c1.[K+]. The summed E-state index contributed by atoms with van der Waals surface area (Å²) >= 11 is 0. The summed E-state index contributed by atoms with van der Waals surface area (Å²) in [6.07, 6.45) is 3.40. The summed E-state index contributed by atoms with van der Waals surface area (Å²) in [6.45, 7) is -1.34. The molecular formula is C14H14BF3KNO. The number of pyridine rings is 1. The van der Waals surface area contributed by atoms with Crippen LogP contribution < -0.4 is 61.6 Å². The molecule has 0 N–H and O–H groups in total. The standard InChI is InChI=1S/C14H14BF3NO.K/c1-10-5-12(8-19-7-10)9-20-13-3-4-14(11(2)6-13)15(16,17)18;/h3-8H,9H2,1-2H3;/q-1;+1. The van der Waals surface area contributed by atoms with Crippen LogP contribution in [0.15, 0.2) is 36.7 Å². The van der Waals surface area contributed by atoms with Gasteiger partial charge in [-0.25, -0.2) is 0 Å². The molecular weight excluding hydrogens is 305 g/mol. The Bertz CT molecular complexity index is 619. The van der Waals surface area contributed by atoms with Crippen LogP contribution in [0.25, 0.3) is 0 Å². The van der Waals surface area contributed by atoms with Crippen molar-refractivity contribution in [1.82, 2.24) is 4.98 Å². The van der Waals surface area contributed by atoms with E-state index in [0.29, 0.717) is 5.75 Å². The van der Waals surface area contributed by atoms with Crippen LogP contribution in [0, 0.1) is 13.8 Å². The number of hydrogen-bond acceptors (Lipinski definition) is 2. The topological polar surface area (TPSA) is 22.1 Å². The summed E-state index contributed by atoms with van der Waals surface area (Å²) in [5, 5.41) is 0. The van der Waals surface area contributed by atoms with Gasteiger partial charge in [0.2, 0.25) is 0 Å². The van der Waals surface area contributed by atoms with Gasteiger partial charge in [0, 0.05) is 18.0 Å². The number of nitrogens with zero attached hydrogens (tertiary/aromatic N) is 1. The molecule has 2 aromatic rings. The first kappa shape index (κ1) is 18.7. The zero-order valence-electron chi connectivity index (χ0n) is 12.2. The third kappa shape index (κ3) is 5.41. The van der Waals surface area contributed by atoms with Crippen LogP contribution in [0.5, 0.6) is 5.75 Å². The second kappa shape index (κ2) is 7.78. The number of hydrogen-bond donors (Lipinski definition) is 0. The van der Waals surface area contributed by atoms with Crippen LogP contribution in [0.2, 0.25) is 0 Å². The van der Waals surface area contributed by atoms with Crippen molar-refractivity contribution in [3.05, 3.63) is 53.3 Å². The van der Waals surface area contributed by atoms with Gasteiger partial charge < -0.3 is 17.7 Å². The van der Waals surface area contributed by atoms with E-state index in [9.17, 15) is 12.9 Å². The van der Waals surface area contributed by atoms with Gasteiger partial charge in [0.15, 0.2) is 0 Å². The predicted octanol–water partition coefficient (Wildman–Crippen LogP) is 0.336. The fraction of sp³-hybridized carbons (Fsp3) is 0.214. The van der Waals surface area contributed by atoms with Gasteiger partial charge in [-0.05, 0) is 37.6 Å². The first-order chi connectivity index (χ1) is 9.36. The van der Waals surface area contributed by atoms with Crippen molar-refractivity contribution >= 4 is 12.4 Å². The summed E-state index contributed by atoms with van der Waals surface area (Å²) < 4.78 is 43.6. The molecule has 0 fully saturated rings. The second-order valence-electron chi connectivity index (χ2n) is 4.75. The van der Waals surface area contributed by atoms with Crippen LogP contribution in [0.4, 0.5) is 12.9 Å². The van der Waals surface area contributed by atoms with Gasteiger partial charge in [0.1, 0.15) is 12.4 Å². The molecule has 7 heteroatoms. The zero-order valence-corrected chi connectivity index (χ0v) is 15.4. The van der Waals surface area contributed by atoms with Crippen molar-refractivity contribution in [2.24, 2.45) is 0 Å². The molecule has 0 bridgehead atoms. The third-order valence-corrected chi connectivity index (χ3v) is 2.93. The minimum Gasteiger partial charge on any atom is -0.489 e. The maximum Gasteiger partial charge on any atom is 1.00 e. The molecule has 0 spiro atoms. The monoisotopic (exact) mass is 319 g/mol. The Morgan fingerprint density at radius 2 is 1.81 bits per heavy atom. The summed E-state index contributed by atoms with van der Waals surface area (Å²) in [4.78, 5) is 4.03. The van der Waals surface area contributed by atoms with E-state index in [4.69, 9.17) is 4.74 Å². The number of aryl methyl sites for hydroxylation is 2. The molecule has 0 unspecified atom stereocenters. The van der Waals surface area contributed by atoms with E-state index in [1.807, 2.05) is 13.0 Å². The number of rotatable bonds is 4. The molecule has 21 heavy (non-hydrogen) atoms. The summed E-state index contributed by atoms with van der Waals surface area (Å²) in [5.41, 5.74) is 1.50. The molecule has 0 aliphatic rings. The molecule has 0 aliphatic heterocycles. The Labute approximate surface area is 164 Å². The van der Waals surface area contributed by atoms with Gasteiger partial charge in [-0.2, -0.15) is 0 Å². The predicted molar refractivity (Wildman–Crippen MR) is 73.2 cm³/mol. The van der Waals surface area contributed by atoms with E-state index >= 15 is 0 Å². The molecule has 2 rings (SSSR count). The first-order valence-electron chi connectivity index (χ1n) is 6.20. The van der Waals surface area contributed by atoms with Crippen molar-refractivity contribution in [3.8, 4) is 5.75 Å². The Morgan fingerprint density at radius 3 is 2.38 bits per heavy atom. The molecule has 0 saturated carbocycles. The Morgan fingerprint density at radius 1 is 1.10 bits per heavy atom. The van der Waals surface area contributed by atoms with Crippen molar-refractivity contribution in [2.75, 3.05) is 0 Å². The maximum atomic E-state index is 12.7. The van der Waals surface area contributed by atoms with Crippen molar-refractivity contribution in [3.63, 3.8) is 0 Å². The van der Waals surface area contributed by atoms with Gasteiger partial charge in [0.05, 0.1) is 0 Å². The minimum atomic E-state index is -4.97. The fourth-order valence-corrected chi connectivity index (χ4v) is 1.97. The third-order valence-electron chi connectivity index (χ3n) is 2.93. The average molecular weight is 319 g/mol. The molecule has 1 aromatic heterocycles. The molecule has 1 heterocycles. The minimum absolute atomic E-state index is 0. The number of benzene rings is 1. The quantitative estimate of drug-likeness (QED) is 0.758. The molecule has 0 atom stereocenters. The number of aromatic nitrogens is 1. The van der Waals surface area contributed by atoms with E-state index in [-0.39, 0.29) is 63.6 Å². The van der Waals surface area contributed by atoms with E-state index in [1.54, 1.807) is 12.4 Å². The number of ether oxygens (including phenoxy) is 1. The van der Waals surface area contributed by atoms with E-state index in [1.165, 1.54) is 19.1 Å². The zero-order chi connectivity index (χ0) is 14.8. The molecule has 1 aromatic carbocycles. The van der Waals surface area contributed by atoms with Crippen LogP contribution >= 0.6 is 0 Å². The van der Waals surface area contributed by atoms with Crippen LogP contribution in [0.3, 0.4) is 0 Å². The normalized spacial score (nSPS) is 10.9. The van der Waals surface area contributed by atoms with E-state index in [0.717, 1.165) is 17.2 Å². The van der Waals surface area contributed by atoms with Gasteiger partial charge in [-0.3, -0.25) is 4.98 Å². The van der Waals surface area contributed by atoms with Crippen LogP contribution in [-0.4, -0.2) is 12.0 Å². The van der Waals surface area contributed by atoms with E-state index in [2.05, 4.69) is 4.98 Å². The molecule has 0 saturated heterocycles. The molecule has 0 aliphatic carbocycles. The van der Waals surface area contributed by atoms with Crippen molar-refractivity contribution in [2.45, 2.75) is 20.5 Å². The van der Waals surface area contributed by atoms with Gasteiger partial charge in [0.25, 0.3) is 0 Å². The van der Waals surface area contributed by atoms with Crippen molar-refractivity contribution < 1.29 is 69.1 Å². The average Bonchev–Trinajstić information content (AvgIpc) is 2.35. The molecule has 2 nitrogen and oxygen atoms in total. The molecule has 0 amide bonds. The van der Waals surface area contributed by atoms with Gasteiger partial charge >= 0.3 is 58.4 Å². The number of halogens is 3.